The molecule has 0 radical (unpaired) electrons. The van der Waals surface area contributed by atoms with Gasteiger partial charge in [0.2, 0.25) is 0 Å². The zero-order valence-electron chi connectivity index (χ0n) is 8.09. The molecule has 76 valence electrons. The monoisotopic (exact) mass is 228 g/mol. The highest BCUT2D eigenvalue weighted by Gasteiger charge is 2.09. The lowest BCUT2D eigenvalue weighted by Crippen LogP contribution is -2.31. The van der Waals surface area contributed by atoms with E-state index in [0.29, 0.717) is 9.87 Å². The van der Waals surface area contributed by atoms with Crippen LogP contribution in [0.1, 0.15) is 20.1 Å². The minimum atomic E-state index is -0.112. The van der Waals surface area contributed by atoms with E-state index < -0.39 is 0 Å². The first kappa shape index (κ1) is 11.1. The Kier molecular flexibility index (Phi) is 3.60. The second-order valence-electron chi connectivity index (χ2n) is 3.00. The van der Waals surface area contributed by atoms with Crippen LogP contribution in [0, 0.1) is 13.8 Å². The molecule has 0 fully saturated rings. The summed E-state index contributed by atoms with van der Waals surface area (Å²) < 4.78 is 0. The van der Waals surface area contributed by atoms with Crippen LogP contribution in [0.25, 0.3) is 0 Å². The largest absolute Gasteiger partial charge is 0.392 e. The van der Waals surface area contributed by atoms with Crippen LogP contribution in [0.2, 0.25) is 0 Å². The molecule has 0 aromatic carbocycles. The number of thiocarbonyl (C=S) groups is 1. The van der Waals surface area contributed by atoms with Gasteiger partial charge in [-0.15, -0.1) is 11.3 Å². The molecule has 1 aromatic rings. The molecular formula is C9H12N2OS2. The molecule has 5 heteroatoms. The van der Waals surface area contributed by atoms with Crippen molar-refractivity contribution in [1.82, 2.24) is 5.32 Å². The van der Waals surface area contributed by atoms with Gasteiger partial charge in [-0.2, -0.15) is 0 Å². The van der Waals surface area contributed by atoms with Crippen molar-refractivity contribution in [2.75, 3.05) is 6.54 Å². The van der Waals surface area contributed by atoms with E-state index in [0.717, 1.165) is 10.4 Å². The zero-order chi connectivity index (χ0) is 10.7. The molecule has 3 nitrogen and oxygen atoms in total. The minimum absolute atomic E-state index is 0.112. The summed E-state index contributed by atoms with van der Waals surface area (Å²) in [5, 5.41) is 2.64. The summed E-state index contributed by atoms with van der Waals surface area (Å²) in [6, 6.07) is 1.87. The number of nitrogens with one attached hydrogen (secondary N) is 1. The van der Waals surface area contributed by atoms with E-state index in [2.05, 4.69) is 17.5 Å². The molecule has 0 atom stereocenters. The lowest BCUT2D eigenvalue weighted by Gasteiger charge is -2.00. The molecule has 0 aliphatic rings. The van der Waals surface area contributed by atoms with E-state index in [4.69, 9.17) is 5.73 Å². The molecule has 0 bridgehead atoms. The highest BCUT2D eigenvalue weighted by molar-refractivity contribution is 7.80. The highest BCUT2D eigenvalue weighted by Crippen LogP contribution is 2.20. The Hall–Kier alpha value is -0.940. The van der Waals surface area contributed by atoms with Crippen LogP contribution in [0.15, 0.2) is 6.07 Å². The maximum absolute atomic E-state index is 11.5. The summed E-state index contributed by atoms with van der Waals surface area (Å²) >= 11 is 6.14. The fraction of sp³-hybridized carbons (Fsp3) is 0.333. The van der Waals surface area contributed by atoms with Crippen LogP contribution >= 0.6 is 23.6 Å². The standard InChI is InChI=1S/C9H12N2OS2/c1-5-3-7(14-6(5)2)9(12)11-4-8(10)13/h3H,4H2,1-2H3,(H2,10,13)(H,11,12). The molecular weight excluding hydrogens is 216 g/mol. The number of thiophene rings is 1. The second kappa shape index (κ2) is 4.52. The third-order valence-electron chi connectivity index (χ3n) is 1.81. The average Bonchev–Trinajstić information content (AvgIpc) is 2.43. The Morgan fingerprint density at radius 2 is 2.29 bits per heavy atom. The normalized spacial score (nSPS) is 9.86. The molecule has 1 heterocycles. The zero-order valence-corrected chi connectivity index (χ0v) is 9.72. The molecule has 1 aromatic heterocycles. The summed E-state index contributed by atoms with van der Waals surface area (Å²) in [5.74, 6) is -0.112. The van der Waals surface area contributed by atoms with Crippen molar-refractivity contribution in [2.24, 2.45) is 5.73 Å². The van der Waals surface area contributed by atoms with Gasteiger partial charge >= 0.3 is 0 Å². The van der Waals surface area contributed by atoms with E-state index in [1.54, 1.807) is 0 Å². The van der Waals surface area contributed by atoms with Gasteiger partial charge in [-0.05, 0) is 25.5 Å². The van der Waals surface area contributed by atoms with Crippen molar-refractivity contribution in [2.45, 2.75) is 13.8 Å². The Balaban J connectivity index is 2.65. The topological polar surface area (TPSA) is 55.1 Å². The molecule has 14 heavy (non-hydrogen) atoms. The van der Waals surface area contributed by atoms with Gasteiger partial charge in [0.25, 0.3) is 5.91 Å². The number of nitrogens with two attached hydrogens (primary N) is 1. The molecule has 0 saturated carbocycles. The van der Waals surface area contributed by atoms with Crippen molar-refractivity contribution in [3.05, 3.63) is 21.4 Å². The van der Waals surface area contributed by atoms with Gasteiger partial charge in [0.1, 0.15) is 0 Å². The van der Waals surface area contributed by atoms with Crippen molar-refractivity contribution in [1.29, 1.82) is 0 Å². The number of rotatable bonds is 3. The Bertz CT molecular complexity index is 351. The van der Waals surface area contributed by atoms with Crippen LogP contribution in [-0.4, -0.2) is 17.4 Å². The van der Waals surface area contributed by atoms with Gasteiger partial charge in [0.05, 0.1) is 16.4 Å². The van der Waals surface area contributed by atoms with Gasteiger partial charge < -0.3 is 11.1 Å². The van der Waals surface area contributed by atoms with Gasteiger partial charge in [-0.25, -0.2) is 0 Å². The summed E-state index contributed by atoms with van der Waals surface area (Å²) in [5.41, 5.74) is 6.41. The molecule has 3 N–H and O–H groups in total. The molecule has 0 aliphatic heterocycles. The third kappa shape index (κ3) is 2.78. The van der Waals surface area contributed by atoms with E-state index in [-0.39, 0.29) is 12.5 Å². The van der Waals surface area contributed by atoms with Crippen LogP contribution in [0.5, 0.6) is 0 Å². The van der Waals surface area contributed by atoms with Gasteiger partial charge in [-0.3, -0.25) is 4.79 Å². The van der Waals surface area contributed by atoms with E-state index in [1.165, 1.54) is 11.3 Å². The van der Waals surface area contributed by atoms with Crippen LogP contribution in [0.4, 0.5) is 0 Å². The van der Waals surface area contributed by atoms with Crippen LogP contribution in [-0.2, 0) is 0 Å². The maximum atomic E-state index is 11.5. The van der Waals surface area contributed by atoms with E-state index >= 15 is 0 Å². The Morgan fingerprint density at radius 3 is 2.71 bits per heavy atom. The molecule has 1 amide bonds. The number of hydrogen-bond donors (Lipinski definition) is 2. The molecule has 0 spiro atoms. The molecule has 0 aliphatic carbocycles. The Morgan fingerprint density at radius 1 is 1.64 bits per heavy atom. The lowest BCUT2D eigenvalue weighted by molar-refractivity contribution is 0.0963. The number of amides is 1. The average molecular weight is 228 g/mol. The summed E-state index contributed by atoms with van der Waals surface area (Å²) in [6.07, 6.45) is 0. The van der Waals surface area contributed by atoms with Crippen LogP contribution < -0.4 is 11.1 Å². The fourth-order valence-electron chi connectivity index (χ4n) is 0.940. The van der Waals surface area contributed by atoms with Crippen molar-refractivity contribution in [3.8, 4) is 0 Å². The fourth-order valence-corrected chi connectivity index (χ4v) is 1.96. The molecule has 0 unspecified atom stereocenters. The van der Waals surface area contributed by atoms with Crippen molar-refractivity contribution >= 4 is 34.5 Å². The van der Waals surface area contributed by atoms with Crippen LogP contribution in [0.3, 0.4) is 0 Å². The number of hydrogen-bond acceptors (Lipinski definition) is 3. The van der Waals surface area contributed by atoms with Crippen molar-refractivity contribution < 1.29 is 4.79 Å². The van der Waals surface area contributed by atoms with E-state index in [1.807, 2.05) is 19.9 Å². The maximum Gasteiger partial charge on any atom is 0.261 e. The molecule has 0 saturated heterocycles. The van der Waals surface area contributed by atoms with Gasteiger partial charge in [-0.1, -0.05) is 12.2 Å². The van der Waals surface area contributed by atoms with Gasteiger partial charge in [0, 0.05) is 4.88 Å². The van der Waals surface area contributed by atoms with E-state index in [9.17, 15) is 4.79 Å². The minimum Gasteiger partial charge on any atom is -0.392 e. The highest BCUT2D eigenvalue weighted by atomic mass is 32.1. The van der Waals surface area contributed by atoms with Crippen molar-refractivity contribution in [3.63, 3.8) is 0 Å². The first-order valence-corrected chi connectivity index (χ1v) is 5.36. The smallest absolute Gasteiger partial charge is 0.261 e. The second-order valence-corrected chi connectivity index (χ2v) is 4.78. The third-order valence-corrected chi connectivity index (χ3v) is 3.11. The quantitative estimate of drug-likeness (QED) is 0.769. The summed E-state index contributed by atoms with van der Waals surface area (Å²) in [7, 11) is 0. The first-order valence-electron chi connectivity index (χ1n) is 4.14. The first-order chi connectivity index (χ1) is 6.50. The number of aryl methyl sites for hydroxylation is 2. The summed E-state index contributed by atoms with van der Waals surface area (Å²) in [6.45, 7) is 4.23. The predicted octanol–water partition coefficient (Wildman–Crippen LogP) is 1.38. The summed E-state index contributed by atoms with van der Waals surface area (Å²) in [4.78, 5) is 13.7. The van der Waals surface area contributed by atoms with Gasteiger partial charge in [0.15, 0.2) is 0 Å². The Labute approximate surface area is 92.3 Å². The lowest BCUT2D eigenvalue weighted by atomic mass is 10.3. The SMILES string of the molecule is Cc1cc(C(=O)NCC(N)=S)sc1C. The molecule has 1 rings (SSSR count). The predicted molar refractivity (Wildman–Crippen MR) is 62.9 cm³/mol. The number of carbonyl (C=O) groups is 1. The number of carbonyl (C=O) groups excluding carboxylic acids is 1.